The molecule has 0 saturated carbocycles. The molecule has 0 spiro atoms. The highest BCUT2D eigenvalue weighted by atomic mass is 15.2. The minimum absolute atomic E-state index is 1.08. The van der Waals surface area contributed by atoms with Gasteiger partial charge in [0.05, 0.1) is 11.2 Å². The molecule has 0 atom stereocenters. The van der Waals surface area contributed by atoms with Gasteiger partial charge in [0.2, 0.25) is 0 Å². The molecule has 3 nitrogen and oxygen atoms in total. The lowest BCUT2D eigenvalue weighted by Gasteiger charge is -2.17. The van der Waals surface area contributed by atoms with Crippen LogP contribution in [0.4, 0.5) is 5.69 Å². The van der Waals surface area contributed by atoms with E-state index in [1.54, 1.807) is 0 Å². The van der Waals surface area contributed by atoms with Gasteiger partial charge in [-0.1, -0.05) is 18.6 Å². The molecule has 100 valence electrons. The van der Waals surface area contributed by atoms with Crippen LogP contribution in [-0.4, -0.2) is 4.98 Å². The van der Waals surface area contributed by atoms with Crippen LogP contribution in [0.25, 0.3) is 10.9 Å². The van der Waals surface area contributed by atoms with Crippen LogP contribution in [-0.2, 0) is 12.8 Å². The molecule has 0 radical (unpaired) electrons. The van der Waals surface area contributed by atoms with Crippen molar-refractivity contribution in [2.45, 2.75) is 46.0 Å². The number of nitrogens with zero attached hydrogens (tertiary/aromatic N) is 1. The summed E-state index contributed by atoms with van der Waals surface area (Å²) in [4.78, 5) is 4.95. The number of nitrogens with one attached hydrogen (secondary N) is 1. The van der Waals surface area contributed by atoms with Crippen LogP contribution in [0.15, 0.2) is 12.1 Å². The standard InChI is InChI=1S/C16H21N3/c1-10-8-9-11(2)15-14(10)16(19-17)12-6-4-3-5-7-13(12)18-15/h8-9H,3-7,17H2,1-2H3,(H,18,19). The topological polar surface area (TPSA) is 50.9 Å². The van der Waals surface area contributed by atoms with E-state index in [2.05, 4.69) is 31.4 Å². The predicted octanol–water partition coefficient (Wildman–Crippen LogP) is 3.41. The molecule has 1 aromatic carbocycles. The molecular weight excluding hydrogens is 234 g/mol. The van der Waals surface area contributed by atoms with Crippen LogP contribution in [0.1, 0.15) is 41.6 Å². The van der Waals surface area contributed by atoms with Gasteiger partial charge in [0.1, 0.15) is 0 Å². The van der Waals surface area contributed by atoms with Gasteiger partial charge in [-0.15, -0.1) is 0 Å². The zero-order chi connectivity index (χ0) is 13.4. The molecular formula is C16H21N3. The first-order valence-electron chi connectivity index (χ1n) is 7.10. The molecule has 1 aromatic heterocycles. The molecule has 0 amide bonds. The third-order valence-electron chi connectivity index (χ3n) is 4.22. The number of anilines is 1. The van der Waals surface area contributed by atoms with Gasteiger partial charge in [-0.2, -0.15) is 0 Å². The highest BCUT2D eigenvalue weighted by molar-refractivity contribution is 5.97. The lowest BCUT2D eigenvalue weighted by Crippen LogP contribution is -2.13. The van der Waals surface area contributed by atoms with Crippen LogP contribution in [0.5, 0.6) is 0 Å². The summed E-state index contributed by atoms with van der Waals surface area (Å²) in [5.74, 6) is 5.83. The second-order valence-electron chi connectivity index (χ2n) is 5.54. The number of rotatable bonds is 1. The Bertz CT molecular complexity index is 632. The Kier molecular flexibility index (Phi) is 3.15. The molecule has 3 rings (SSSR count). The fourth-order valence-corrected chi connectivity index (χ4v) is 3.16. The smallest absolute Gasteiger partial charge is 0.0758 e. The lowest BCUT2D eigenvalue weighted by atomic mass is 9.97. The van der Waals surface area contributed by atoms with Crippen molar-refractivity contribution in [1.29, 1.82) is 0 Å². The molecule has 0 unspecified atom stereocenters. The number of hydrogen-bond donors (Lipinski definition) is 2. The SMILES string of the molecule is Cc1ccc(C)c2c(NN)c3c(nc12)CCCCC3. The Labute approximate surface area is 114 Å². The maximum atomic E-state index is 5.83. The molecule has 0 aliphatic heterocycles. The number of benzene rings is 1. The van der Waals surface area contributed by atoms with E-state index in [9.17, 15) is 0 Å². The summed E-state index contributed by atoms with van der Waals surface area (Å²) in [6.07, 6.45) is 5.92. The summed E-state index contributed by atoms with van der Waals surface area (Å²) >= 11 is 0. The van der Waals surface area contributed by atoms with Crippen molar-refractivity contribution < 1.29 is 0 Å². The number of hydrazine groups is 1. The van der Waals surface area contributed by atoms with E-state index in [0.29, 0.717) is 0 Å². The van der Waals surface area contributed by atoms with Crippen molar-refractivity contribution in [3.05, 3.63) is 34.5 Å². The molecule has 3 heteroatoms. The Morgan fingerprint density at radius 3 is 2.58 bits per heavy atom. The Morgan fingerprint density at radius 1 is 1.05 bits per heavy atom. The average molecular weight is 255 g/mol. The van der Waals surface area contributed by atoms with E-state index in [1.165, 1.54) is 47.0 Å². The van der Waals surface area contributed by atoms with Crippen molar-refractivity contribution >= 4 is 16.6 Å². The number of hydrogen-bond acceptors (Lipinski definition) is 3. The second kappa shape index (κ2) is 4.82. The van der Waals surface area contributed by atoms with Gasteiger partial charge in [-0.05, 0) is 56.2 Å². The normalized spacial score (nSPS) is 15.1. The maximum Gasteiger partial charge on any atom is 0.0758 e. The summed E-state index contributed by atoms with van der Waals surface area (Å²) in [5, 5.41) is 1.20. The summed E-state index contributed by atoms with van der Waals surface area (Å²) in [6.45, 7) is 4.26. The molecule has 0 fully saturated rings. The number of fused-ring (bicyclic) bond motifs is 2. The van der Waals surface area contributed by atoms with Gasteiger partial charge in [0.25, 0.3) is 0 Å². The zero-order valence-corrected chi connectivity index (χ0v) is 11.7. The average Bonchev–Trinajstić information content (AvgIpc) is 2.66. The van der Waals surface area contributed by atoms with E-state index in [-0.39, 0.29) is 0 Å². The van der Waals surface area contributed by atoms with Crippen molar-refractivity contribution in [3.63, 3.8) is 0 Å². The number of pyridine rings is 1. The van der Waals surface area contributed by atoms with Gasteiger partial charge in [-0.3, -0.25) is 10.8 Å². The van der Waals surface area contributed by atoms with Crippen LogP contribution < -0.4 is 11.3 Å². The van der Waals surface area contributed by atoms with Gasteiger partial charge < -0.3 is 5.43 Å². The largest absolute Gasteiger partial charge is 0.323 e. The third kappa shape index (κ3) is 1.98. The number of nitrogen functional groups attached to an aromatic ring is 1. The van der Waals surface area contributed by atoms with E-state index in [1.807, 2.05) is 0 Å². The molecule has 1 aliphatic rings. The minimum atomic E-state index is 1.08. The second-order valence-corrected chi connectivity index (χ2v) is 5.54. The third-order valence-corrected chi connectivity index (χ3v) is 4.22. The summed E-state index contributed by atoms with van der Waals surface area (Å²) in [7, 11) is 0. The number of aromatic nitrogens is 1. The van der Waals surface area contributed by atoms with Gasteiger partial charge in [-0.25, -0.2) is 0 Å². The summed E-state index contributed by atoms with van der Waals surface area (Å²) < 4.78 is 0. The van der Waals surface area contributed by atoms with E-state index in [4.69, 9.17) is 10.8 Å². The van der Waals surface area contributed by atoms with E-state index in [0.717, 1.165) is 24.0 Å². The Balaban J connectivity index is 2.39. The van der Waals surface area contributed by atoms with Crippen molar-refractivity contribution in [2.24, 2.45) is 5.84 Å². The van der Waals surface area contributed by atoms with Crippen LogP contribution >= 0.6 is 0 Å². The molecule has 19 heavy (non-hydrogen) atoms. The zero-order valence-electron chi connectivity index (χ0n) is 11.7. The first-order valence-corrected chi connectivity index (χ1v) is 7.10. The Morgan fingerprint density at radius 2 is 1.79 bits per heavy atom. The molecule has 2 aromatic rings. The summed E-state index contributed by atoms with van der Waals surface area (Å²) in [6, 6.07) is 4.30. The highest BCUT2D eigenvalue weighted by Crippen LogP contribution is 2.35. The Hall–Kier alpha value is -1.61. The molecule has 3 N–H and O–H groups in total. The van der Waals surface area contributed by atoms with E-state index >= 15 is 0 Å². The molecule has 0 saturated heterocycles. The van der Waals surface area contributed by atoms with Crippen molar-refractivity contribution in [3.8, 4) is 0 Å². The highest BCUT2D eigenvalue weighted by Gasteiger charge is 2.18. The van der Waals surface area contributed by atoms with Gasteiger partial charge in [0, 0.05) is 11.1 Å². The van der Waals surface area contributed by atoms with Crippen LogP contribution in [0.3, 0.4) is 0 Å². The number of aryl methyl sites for hydroxylation is 3. The van der Waals surface area contributed by atoms with Gasteiger partial charge in [0.15, 0.2) is 0 Å². The molecule has 1 aliphatic carbocycles. The monoisotopic (exact) mass is 255 g/mol. The minimum Gasteiger partial charge on any atom is -0.323 e. The van der Waals surface area contributed by atoms with Crippen molar-refractivity contribution in [2.75, 3.05) is 5.43 Å². The summed E-state index contributed by atoms with van der Waals surface area (Å²) in [5.41, 5.74) is 10.2. The first-order chi connectivity index (χ1) is 9.22. The first kappa shape index (κ1) is 12.4. The van der Waals surface area contributed by atoms with Gasteiger partial charge >= 0.3 is 0 Å². The fourth-order valence-electron chi connectivity index (χ4n) is 3.16. The quantitative estimate of drug-likeness (QED) is 0.466. The van der Waals surface area contributed by atoms with E-state index < -0.39 is 0 Å². The molecule has 1 heterocycles. The van der Waals surface area contributed by atoms with Crippen molar-refractivity contribution in [1.82, 2.24) is 4.98 Å². The fraction of sp³-hybridized carbons (Fsp3) is 0.438. The number of nitrogens with two attached hydrogens (primary N) is 1. The van der Waals surface area contributed by atoms with Crippen LogP contribution in [0, 0.1) is 13.8 Å². The maximum absolute atomic E-state index is 5.83. The van der Waals surface area contributed by atoms with Crippen LogP contribution in [0.2, 0.25) is 0 Å². The lowest BCUT2D eigenvalue weighted by molar-refractivity contribution is 0.709. The molecule has 0 bridgehead atoms. The predicted molar refractivity (Wildman–Crippen MR) is 80.3 cm³/mol.